The maximum absolute atomic E-state index is 13.0. The van der Waals surface area contributed by atoms with Crippen LogP contribution in [0.5, 0.6) is 11.5 Å². The van der Waals surface area contributed by atoms with E-state index in [2.05, 4.69) is 10.2 Å². The summed E-state index contributed by atoms with van der Waals surface area (Å²) in [5.41, 5.74) is 4.04. The number of carbonyl (C=O) groups excluding carboxylic acids is 2. The first-order chi connectivity index (χ1) is 16.5. The molecule has 34 heavy (non-hydrogen) atoms. The number of hydrogen-bond acceptors (Lipinski definition) is 5. The second-order valence-electron chi connectivity index (χ2n) is 8.25. The molecular weight excluding hydrogens is 430 g/mol. The molecule has 0 bridgehead atoms. The number of hydrogen-bond donors (Lipinski definition) is 1. The van der Waals surface area contributed by atoms with Gasteiger partial charge < -0.3 is 24.6 Å². The molecule has 0 aromatic heterocycles. The number of carbonyl (C=O) groups is 2. The van der Waals surface area contributed by atoms with Crippen LogP contribution in [-0.4, -0.2) is 57.1 Å². The number of rotatable bonds is 6. The van der Waals surface area contributed by atoms with Crippen molar-refractivity contribution in [2.45, 2.75) is 6.92 Å². The summed E-state index contributed by atoms with van der Waals surface area (Å²) < 4.78 is 10.6. The highest BCUT2D eigenvalue weighted by atomic mass is 16.5. The van der Waals surface area contributed by atoms with Gasteiger partial charge in [0.25, 0.3) is 11.8 Å². The molecule has 0 atom stereocenters. The number of aryl methyl sites for hydroxylation is 1. The standard InChI is InChI=1S/C27H29N3O4/c1-19-5-4-6-20(15-19)26(31)28-22-7-9-23(10-8-22)29-11-13-30(14-12-29)27(32)21-16-24(33-2)18-25(17-21)34-3/h4-10,15-18H,11-14H2,1-3H3,(H,28,31). The summed E-state index contributed by atoms with van der Waals surface area (Å²) in [6, 6.07) is 20.5. The van der Waals surface area contributed by atoms with E-state index in [-0.39, 0.29) is 11.8 Å². The van der Waals surface area contributed by atoms with E-state index < -0.39 is 0 Å². The van der Waals surface area contributed by atoms with Gasteiger partial charge >= 0.3 is 0 Å². The molecule has 0 saturated carbocycles. The SMILES string of the molecule is COc1cc(OC)cc(C(=O)N2CCN(c3ccc(NC(=O)c4cccc(C)c4)cc3)CC2)c1. The van der Waals surface area contributed by atoms with Crippen LogP contribution in [0.4, 0.5) is 11.4 Å². The fourth-order valence-corrected chi connectivity index (χ4v) is 4.03. The fraction of sp³-hybridized carbons (Fsp3) is 0.259. The summed E-state index contributed by atoms with van der Waals surface area (Å²) in [6.45, 7) is 4.64. The van der Waals surface area contributed by atoms with E-state index in [0.29, 0.717) is 35.7 Å². The quantitative estimate of drug-likeness (QED) is 0.598. The van der Waals surface area contributed by atoms with E-state index in [0.717, 1.165) is 30.0 Å². The van der Waals surface area contributed by atoms with Gasteiger partial charge in [0.1, 0.15) is 11.5 Å². The Balaban J connectivity index is 1.35. The van der Waals surface area contributed by atoms with E-state index in [1.807, 2.05) is 54.3 Å². The summed E-state index contributed by atoms with van der Waals surface area (Å²) >= 11 is 0. The van der Waals surface area contributed by atoms with Gasteiger partial charge in [0.2, 0.25) is 0 Å². The third-order valence-corrected chi connectivity index (χ3v) is 5.94. The van der Waals surface area contributed by atoms with Gasteiger partial charge in [-0.05, 0) is 55.5 Å². The molecule has 0 radical (unpaired) electrons. The zero-order valence-corrected chi connectivity index (χ0v) is 19.7. The van der Waals surface area contributed by atoms with Crippen molar-refractivity contribution in [3.8, 4) is 11.5 Å². The van der Waals surface area contributed by atoms with E-state index >= 15 is 0 Å². The summed E-state index contributed by atoms with van der Waals surface area (Å²) in [6.07, 6.45) is 0. The topological polar surface area (TPSA) is 71.1 Å². The molecule has 7 nitrogen and oxygen atoms in total. The Morgan fingerprint density at radius 3 is 2.03 bits per heavy atom. The Kier molecular flexibility index (Phi) is 7.01. The van der Waals surface area contributed by atoms with Crippen molar-refractivity contribution < 1.29 is 19.1 Å². The Morgan fingerprint density at radius 2 is 1.44 bits per heavy atom. The molecule has 176 valence electrons. The summed E-state index contributed by atoms with van der Waals surface area (Å²) in [4.78, 5) is 29.6. The average Bonchev–Trinajstić information content (AvgIpc) is 2.88. The predicted octanol–water partition coefficient (Wildman–Crippen LogP) is 4.23. The molecule has 7 heteroatoms. The average molecular weight is 460 g/mol. The summed E-state index contributed by atoms with van der Waals surface area (Å²) in [5.74, 6) is 1.02. The second-order valence-corrected chi connectivity index (χ2v) is 8.25. The van der Waals surface area contributed by atoms with Crippen LogP contribution in [0.3, 0.4) is 0 Å². The summed E-state index contributed by atoms with van der Waals surface area (Å²) in [5, 5.41) is 2.94. The van der Waals surface area contributed by atoms with Crippen molar-refractivity contribution in [1.29, 1.82) is 0 Å². The lowest BCUT2D eigenvalue weighted by atomic mass is 10.1. The van der Waals surface area contributed by atoms with Gasteiger partial charge in [-0.15, -0.1) is 0 Å². The Hall–Kier alpha value is -4.00. The molecule has 1 saturated heterocycles. The molecule has 1 aliphatic heterocycles. The maximum Gasteiger partial charge on any atom is 0.255 e. The molecule has 0 unspecified atom stereocenters. The molecule has 3 aromatic carbocycles. The van der Waals surface area contributed by atoms with Crippen LogP contribution in [-0.2, 0) is 0 Å². The Labute approximate surface area is 199 Å². The first-order valence-corrected chi connectivity index (χ1v) is 11.2. The highest BCUT2D eigenvalue weighted by Gasteiger charge is 2.23. The monoisotopic (exact) mass is 459 g/mol. The zero-order valence-electron chi connectivity index (χ0n) is 19.7. The third-order valence-electron chi connectivity index (χ3n) is 5.94. The fourth-order valence-electron chi connectivity index (χ4n) is 4.03. The molecule has 4 rings (SSSR count). The number of nitrogens with one attached hydrogen (secondary N) is 1. The van der Waals surface area contributed by atoms with Gasteiger partial charge in [0.15, 0.2) is 0 Å². The lowest BCUT2D eigenvalue weighted by Gasteiger charge is -2.36. The number of nitrogens with zero attached hydrogens (tertiary/aromatic N) is 2. The number of anilines is 2. The Morgan fingerprint density at radius 1 is 0.794 bits per heavy atom. The van der Waals surface area contributed by atoms with Crippen molar-refractivity contribution in [1.82, 2.24) is 4.90 Å². The molecule has 1 fully saturated rings. The first-order valence-electron chi connectivity index (χ1n) is 11.2. The molecule has 1 N–H and O–H groups in total. The van der Waals surface area contributed by atoms with Crippen molar-refractivity contribution in [3.63, 3.8) is 0 Å². The molecule has 1 aliphatic rings. The van der Waals surface area contributed by atoms with E-state index in [1.165, 1.54) is 0 Å². The van der Waals surface area contributed by atoms with Gasteiger partial charge in [-0.25, -0.2) is 0 Å². The number of methoxy groups -OCH3 is 2. The van der Waals surface area contributed by atoms with Crippen molar-refractivity contribution >= 4 is 23.2 Å². The van der Waals surface area contributed by atoms with Gasteiger partial charge in [-0.1, -0.05) is 17.7 Å². The normalized spacial score (nSPS) is 13.4. The highest BCUT2D eigenvalue weighted by molar-refractivity contribution is 6.04. The van der Waals surface area contributed by atoms with E-state index in [4.69, 9.17) is 9.47 Å². The first kappa shape index (κ1) is 23.2. The number of piperazine rings is 1. The Bertz CT molecular complexity index is 1150. The minimum atomic E-state index is -0.127. The predicted molar refractivity (Wildman–Crippen MR) is 133 cm³/mol. The number of amides is 2. The van der Waals surface area contributed by atoms with Crippen LogP contribution < -0.4 is 19.7 Å². The zero-order chi connectivity index (χ0) is 24.1. The van der Waals surface area contributed by atoms with E-state index in [9.17, 15) is 9.59 Å². The van der Waals surface area contributed by atoms with Gasteiger partial charge in [0, 0.05) is 54.7 Å². The molecular formula is C27H29N3O4. The van der Waals surface area contributed by atoms with Crippen LogP contribution >= 0.6 is 0 Å². The molecule has 1 heterocycles. The van der Waals surface area contributed by atoms with Crippen LogP contribution in [0.25, 0.3) is 0 Å². The molecule has 3 aromatic rings. The third kappa shape index (κ3) is 5.31. The largest absolute Gasteiger partial charge is 0.497 e. The molecule has 0 spiro atoms. The highest BCUT2D eigenvalue weighted by Crippen LogP contribution is 2.25. The van der Waals surface area contributed by atoms with Crippen LogP contribution in [0.15, 0.2) is 66.7 Å². The number of ether oxygens (including phenoxy) is 2. The van der Waals surface area contributed by atoms with Crippen LogP contribution in [0.1, 0.15) is 26.3 Å². The van der Waals surface area contributed by atoms with Crippen molar-refractivity contribution in [2.24, 2.45) is 0 Å². The van der Waals surface area contributed by atoms with Crippen LogP contribution in [0.2, 0.25) is 0 Å². The molecule has 2 amide bonds. The maximum atomic E-state index is 13.0. The van der Waals surface area contributed by atoms with Gasteiger partial charge in [0.05, 0.1) is 14.2 Å². The smallest absolute Gasteiger partial charge is 0.255 e. The molecule has 0 aliphatic carbocycles. The lowest BCUT2D eigenvalue weighted by Crippen LogP contribution is -2.48. The summed E-state index contributed by atoms with van der Waals surface area (Å²) in [7, 11) is 3.14. The second kappa shape index (κ2) is 10.3. The van der Waals surface area contributed by atoms with Gasteiger partial charge in [-0.2, -0.15) is 0 Å². The number of benzene rings is 3. The van der Waals surface area contributed by atoms with Gasteiger partial charge in [-0.3, -0.25) is 9.59 Å². The van der Waals surface area contributed by atoms with Crippen molar-refractivity contribution in [3.05, 3.63) is 83.4 Å². The van der Waals surface area contributed by atoms with Crippen LogP contribution in [0, 0.1) is 6.92 Å². The van der Waals surface area contributed by atoms with Crippen molar-refractivity contribution in [2.75, 3.05) is 50.6 Å². The minimum absolute atomic E-state index is 0.0361. The minimum Gasteiger partial charge on any atom is -0.497 e. The lowest BCUT2D eigenvalue weighted by molar-refractivity contribution is 0.0746. The van der Waals surface area contributed by atoms with E-state index in [1.54, 1.807) is 38.5 Å².